The normalized spacial score (nSPS) is 10.4. The average Bonchev–Trinajstić information content (AvgIpc) is 2.63. The van der Waals surface area contributed by atoms with Crippen molar-refractivity contribution in [2.75, 3.05) is 5.32 Å². The highest BCUT2D eigenvalue weighted by molar-refractivity contribution is 9.10. The first-order valence-electron chi connectivity index (χ1n) is 4.43. The van der Waals surface area contributed by atoms with Crippen molar-refractivity contribution in [1.82, 2.24) is 4.98 Å². The van der Waals surface area contributed by atoms with Crippen LogP contribution >= 0.6 is 27.3 Å². The van der Waals surface area contributed by atoms with Crippen molar-refractivity contribution >= 4 is 33.1 Å². The van der Waals surface area contributed by atoms with Crippen LogP contribution in [0, 0.1) is 11.6 Å². The summed E-state index contributed by atoms with van der Waals surface area (Å²) in [5.41, 5.74) is 0. The molecule has 2 aromatic rings. The molecule has 0 aromatic carbocycles. The molecule has 2 nitrogen and oxygen atoms in total. The Kier molecular flexibility index (Phi) is 3.50. The van der Waals surface area contributed by atoms with Crippen molar-refractivity contribution in [2.24, 2.45) is 0 Å². The van der Waals surface area contributed by atoms with Gasteiger partial charge in [-0.15, -0.1) is 11.3 Å². The van der Waals surface area contributed by atoms with Gasteiger partial charge in [0.05, 0.1) is 12.7 Å². The van der Waals surface area contributed by atoms with E-state index in [4.69, 9.17) is 0 Å². The third-order valence-electron chi connectivity index (χ3n) is 1.92. The summed E-state index contributed by atoms with van der Waals surface area (Å²) in [4.78, 5) is 4.67. The number of nitrogens with one attached hydrogen (secondary N) is 1. The molecule has 0 aliphatic heterocycles. The molecule has 84 valence electrons. The standard InChI is InChI=1S/C10H7BrF2N2S/c11-7-1-2-16-9(7)5-15-10-8(13)3-6(12)4-14-10/h1-4H,5H2,(H,14,15). The lowest BCUT2D eigenvalue weighted by Crippen LogP contribution is -2.03. The van der Waals surface area contributed by atoms with Gasteiger partial charge in [-0.3, -0.25) is 0 Å². The van der Waals surface area contributed by atoms with Gasteiger partial charge in [-0.1, -0.05) is 0 Å². The lowest BCUT2D eigenvalue weighted by atomic mass is 10.4. The van der Waals surface area contributed by atoms with E-state index < -0.39 is 11.6 Å². The van der Waals surface area contributed by atoms with E-state index in [1.807, 2.05) is 11.4 Å². The summed E-state index contributed by atoms with van der Waals surface area (Å²) in [6.45, 7) is 0.452. The van der Waals surface area contributed by atoms with Gasteiger partial charge in [0, 0.05) is 15.4 Å². The molecule has 2 aromatic heterocycles. The maximum atomic E-state index is 13.2. The number of hydrogen-bond donors (Lipinski definition) is 1. The lowest BCUT2D eigenvalue weighted by molar-refractivity contribution is 0.575. The van der Waals surface area contributed by atoms with Crippen molar-refractivity contribution in [3.8, 4) is 0 Å². The second-order valence-corrected chi connectivity index (χ2v) is 4.88. The molecule has 6 heteroatoms. The topological polar surface area (TPSA) is 24.9 Å². The fourth-order valence-corrected chi connectivity index (χ4v) is 2.59. The highest BCUT2D eigenvalue weighted by Crippen LogP contribution is 2.23. The third-order valence-corrected chi connectivity index (χ3v) is 3.84. The van der Waals surface area contributed by atoms with Crippen LogP contribution in [-0.4, -0.2) is 4.98 Å². The summed E-state index contributed by atoms with van der Waals surface area (Å²) in [6.07, 6.45) is 0.981. The number of halogens is 3. The molecular weight excluding hydrogens is 298 g/mol. The summed E-state index contributed by atoms with van der Waals surface area (Å²) >= 11 is 4.91. The summed E-state index contributed by atoms with van der Waals surface area (Å²) in [6, 6.07) is 2.72. The minimum Gasteiger partial charge on any atom is -0.363 e. The Bertz CT molecular complexity index is 501. The molecule has 2 rings (SSSR count). The van der Waals surface area contributed by atoms with Crippen LogP contribution in [0.4, 0.5) is 14.6 Å². The summed E-state index contributed by atoms with van der Waals surface area (Å²) in [5.74, 6) is -1.31. The first-order chi connectivity index (χ1) is 7.66. The number of anilines is 1. The molecular formula is C10H7BrF2N2S. The Labute approximate surface area is 103 Å². The van der Waals surface area contributed by atoms with Gasteiger partial charge in [0.1, 0.15) is 5.82 Å². The molecule has 0 saturated carbocycles. The molecule has 0 fully saturated rings. The zero-order valence-corrected chi connectivity index (χ0v) is 10.4. The van der Waals surface area contributed by atoms with E-state index in [9.17, 15) is 8.78 Å². The smallest absolute Gasteiger partial charge is 0.168 e. The van der Waals surface area contributed by atoms with Gasteiger partial charge in [-0.05, 0) is 27.4 Å². The van der Waals surface area contributed by atoms with E-state index >= 15 is 0 Å². The SMILES string of the molecule is Fc1cnc(NCc2sccc2Br)c(F)c1. The Morgan fingerprint density at radius 2 is 2.25 bits per heavy atom. The van der Waals surface area contributed by atoms with Crippen LogP contribution in [0.3, 0.4) is 0 Å². The largest absolute Gasteiger partial charge is 0.363 e. The first kappa shape index (κ1) is 11.5. The third kappa shape index (κ3) is 2.56. The molecule has 2 heterocycles. The van der Waals surface area contributed by atoms with Gasteiger partial charge in [0.15, 0.2) is 11.6 Å². The van der Waals surface area contributed by atoms with Crippen molar-refractivity contribution in [3.05, 3.63) is 44.7 Å². The fourth-order valence-electron chi connectivity index (χ4n) is 1.16. The number of nitrogens with zero attached hydrogens (tertiary/aromatic N) is 1. The van der Waals surface area contributed by atoms with Gasteiger partial charge in [-0.25, -0.2) is 13.8 Å². The maximum absolute atomic E-state index is 13.2. The van der Waals surface area contributed by atoms with Gasteiger partial charge in [0.25, 0.3) is 0 Å². The highest BCUT2D eigenvalue weighted by Gasteiger charge is 2.06. The molecule has 16 heavy (non-hydrogen) atoms. The predicted octanol–water partition coefficient (Wildman–Crippen LogP) is 3.80. The molecule has 0 unspecified atom stereocenters. The van der Waals surface area contributed by atoms with Gasteiger partial charge >= 0.3 is 0 Å². The van der Waals surface area contributed by atoms with E-state index in [2.05, 4.69) is 26.2 Å². The Morgan fingerprint density at radius 3 is 2.88 bits per heavy atom. The Morgan fingerprint density at radius 1 is 1.44 bits per heavy atom. The molecule has 0 amide bonds. The zero-order chi connectivity index (χ0) is 11.5. The minimum absolute atomic E-state index is 0.0571. The number of hydrogen-bond acceptors (Lipinski definition) is 3. The van der Waals surface area contributed by atoms with E-state index in [-0.39, 0.29) is 5.82 Å². The van der Waals surface area contributed by atoms with Crippen LogP contribution < -0.4 is 5.32 Å². The number of aromatic nitrogens is 1. The second-order valence-electron chi connectivity index (χ2n) is 3.03. The summed E-state index contributed by atoms with van der Waals surface area (Å²) in [5, 5.41) is 4.74. The van der Waals surface area contributed by atoms with Crippen LogP contribution in [0.15, 0.2) is 28.2 Å². The van der Waals surface area contributed by atoms with Crippen LogP contribution in [0.5, 0.6) is 0 Å². The van der Waals surface area contributed by atoms with Crippen LogP contribution in [0.25, 0.3) is 0 Å². The predicted molar refractivity (Wildman–Crippen MR) is 63.5 cm³/mol. The average molecular weight is 305 g/mol. The number of pyridine rings is 1. The van der Waals surface area contributed by atoms with Crippen LogP contribution in [-0.2, 0) is 6.54 Å². The minimum atomic E-state index is -0.687. The zero-order valence-electron chi connectivity index (χ0n) is 8.01. The lowest BCUT2D eigenvalue weighted by Gasteiger charge is -2.05. The van der Waals surface area contributed by atoms with E-state index in [1.165, 1.54) is 0 Å². The van der Waals surface area contributed by atoms with Gasteiger partial charge < -0.3 is 5.32 Å². The molecule has 0 atom stereocenters. The van der Waals surface area contributed by atoms with Crippen molar-refractivity contribution < 1.29 is 8.78 Å². The fraction of sp³-hybridized carbons (Fsp3) is 0.100. The van der Waals surface area contributed by atoms with E-state index in [1.54, 1.807) is 11.3 Å². The molecule has 0 bridgehead atoms. The molecule has 0 spiro atoms. The van der Waals surface area contributed by atoms with Gasteiger partial charge in [-0.2, -0.15) is 0 Å². The van der Waals surface area contributed by atoms with Gasteiger partial charge in [0.2, 0.25) is 0 Å². The number of rotatable bonds is 3. The molecule has 0 aliphatic carbocycles. The highest BCUT2D eigenvalue weighted by atomic mass is 79.9. The quantitative estimate of drug-likeness (QED) is 0.933. The second kappa shape index (κ2) is 4.88. The molecule has 0 radical (unpaired) electrons. The molecule has 0 aliphatic rings. The summed E-state index contributed by atoms with van der Waals surface area (Å²) in [7, 11) is 0. The Hall–Kier alpha value is -1.01. The monoisotopic (exact) mass is 304 g/mol. The molecule has 1 N–H and O–H groups in total. The van der Waals surface area contributed by atoms with Crippen molar-refractivity contribution in [1.29, 1.82) is 0 Å². The van der Waals surface area contributed by atoms with E-state index in [0.717, 1.165) is 21.6 Å². The van der Waals surface area contributed by atoms with Crippen molar-refractivity contribution in [2.45, 2.75) is 6.54 Å². The van der Waals surface area contributed by atoms with E-state index in [0.29, 0.717) is 6.54 Å². The molecule has 0 saturated heterocycles. The van der Waals surface area contributed by atoms with Crippen molar-refractivity contribution in [3.63, 3.8) is 0 Å². The summed E-state index contributed by atoms with van der Waals surface area (Å²) < 4.78 is 26.8. The van der Waals surface area contributed by atoms with Crippen LogP contribution in [0.2, 0.25) is 0 Å². The van der Waals surface area contributed by atoms with Crippen LogP contribution in [0.1, 0.15) is 4.88 Å². The maximum Gasteiger partial charge on any atom is 0.168 e. The number of thiophene rings is 1. The Balaban J connectivity index is 2.08. The first-order valence-corrected chi connectivity index (χ1v) is 6.11.